The van der Waals surface area contributed by atoms with E-state index in [0.29, 0.717) is 5.54 Å². The van der Waals surface area contributed by atoms with Gasteiger partial charge in [-0.05, 0) is 32.6 Å². The van der Waals surface area contributed by atoms with Gasteiger partial charge in [0, 0.05) is 11.6 Å². The molecule has 1 heteroatoms. The highest BCUT2D eigenvalue weighted by molar-refractivity contribution is 4.99. The van der Waals surface area contributed by atoms with E-state index in [1.165, 1.54) is 38.5 Å². The van der Waals surface area contributed by atoms with E-state index < -0.39 is 0 Å². The Hall–Kier alpha value is -0.0400. The standard InChI is InChI=1S/C9H17N/c1-8-4-7-9(10-8)5-2-3-6-9/h8,10H,2-7H2,1H3. The van der Waals surface area contributed by atoms with Crippen molar-refractivity contribution in [3.63, 3.8) is 0 Å². The van der Waals surface area contributed by atoms with E-state index in [9.17, 15) is 0 Å². The Labute approximate surface area is 63.2 Å². The molecule has 1 atom stereocenters. The quantitative estimate of drug-likeness (QED) is 0.541. The van der Waals surface area contributed by atoms with Gasteiger partial charge in [0.15, 0.2) is 0 Å². The third kappa shape index (κ3) is 0.968. The second-order valence-electron chi connectivity index (χ2n) is 4.07. The topological polar surface area (TPSA) is 12.0 Å². The maximum atomic E-state index is 3.73. The second kappa shape index (κ2) is 2.23. The first kappa shape index (κ1) is 6.66. The molecule has 2 aliphatic rings. The third-order valence-corrected chi connectivity index (χ3v) is 3.17. The van der Waals surface area contributed by atoms with Crippen molar-refractivity contribution < 1.29 is 0 Å². The van der Waals surface area contributed by atoms with Gasteiger partial charge >= 0.3 is 0 Å². The van der Waals surface area contributed by atoms with Crippen molar-refractivity contribution in [3.8, 4) is 0 Å². The van der Waals surface area contributed by atoms with Crippen molar-refractivity contribution in [2.45, 2.75) is 57.0 Å². The lowest BCUT2D eigenvalue weighted by Crippen LogP contribution is -2.39. The van der Waals surface area contributed by atoms with Crippen molar-refractivity contribution in [2.75, 3.05) is 0 Å². The van der Waals surface area contributed by atoms with Gasteiger partial charge in [0.25, 0.3) is 0 Å². The van der Waals surface area contributed by atoms with Gasteiger partial charge in [0.2, 0.25) is 0 Å². The van der Waals surface area contributed by atoms with Crippen LogP contribution in [0.3, 0.4) is 0 Å². The zero-order chi connectivity index (χ0) is 7.03. The first-order chi connectivity index (χ1) is 4.81. The number of hydrogen-bond donors (Lipinski definition) is 1. The van der Waals surface area contributed by atoms with Gasteiger partial charge in [-0.2, -0.15) is 0 Å². The molecule has 1 unspecified atom stereocenters. The Morgan fingerprint density at radius 2 is 1.90 bits per heavy atom. The van der Waals surface area contributed by atoms with Crippen molar-refractivity contribution in [3.05, 3.63) is 0 Å². The molecule has 1 saturated carbocycles. The van der Waals surface area contributed by atoms with Crippen LogP contribution in [0.15, 0.2) is 0 Å². The van der Waals surface area contributed by atoms with Crippen molar-refractivity contribution in [1.29, 1.82) is 0 Å². The molecule has 1 aliphatic heterocycles. The summed E-state index contributed by atoms with van der Waals surface area (Å²) in [6, 6.07) is 0.790. The molecule has 1 nitrogen and oxygen atoms in total. The summed E-state index contributed by atoms with van der Waals surface area (Å²) in [6.45, 7) is 2.31. The minimum absolute atomic E-state index is 0.611. The van der Waals surface area contributed by atoms with E-state index in [-0.39, 0.29) is 0 Å². The Morgan fingerprint density at radius 1 is 1.20 bits per heavy atom. The maximum Gasteiger partial charge on any atom is 0.0184 e. The Kier molecular flexibility index (Phi) is 1.48. The summed E-state index contributed by atoms with van der Waals surface area (Å²) in [5.74, 6) is 0. The normalized spacial score (nSPS) is 37.5. The molecule has 0 aromatic carbocycles. The van der Waals surface area contributed by atoms with Gasteiger partial charge in [-0.1, -0.05) is 12.8 Å². The van der Waals surface area contributed by atoms with Crippen molar-refractivity contribution in [1.82, 2.24) is 5.32 Å². The molecular formula is C9H17N. The molecule has 0 bridgehead atoms. The Balaban J connectivity index is 2.03. The monoisotopic (exact) mass is 139 g/mol. The highest BCUT2D eigenvalue weighted by atomic mass is 15.0. The number of hydrogen-bond acceptors (Lipinski definition) is 1. The van der Waals surface area contributed by atoms with Crippen LogP contribution in [0.1, 0.15) is 45.4 Å². The molecule has 1 saturated heterocycles. The highest BCUT2D eigenvalue weighted by Gasteiger charge is 2.38. The van der Waals surface area contributed by atoms with E-state index in [2.05, 4.69) is 12.2 Å². The lowest BCUT2D eigenvalue weighted by Gasteiger charge is -2.23. The van der Waals surface area contributed by atoms with Crippen LogP contribution in [0, 0.1) is 0 Å². The molecule has 1 aliphatic carbocycles. The smallest absolute Gasteiger partial charge is 0.0184 e. The van der Waals surface area contributed by atoms with Crippen LogP contribution in [-0.4, -0.2) is 11.6 Å². The van der Waals surface area contributed by atoms with Gasteiger partial charge < -0.3 is 5.32 Å². The van der Waals surface area contributed by atoms with Crippen molar-refractivity contribution >= 4 is 0 Å². The molecule has 0 aromatic heterocycles. The SMILES string of the molecule is CC1CCC2(CCCC2)N1. The third-order valence-electron chi connectivity index (χ3n) is 3.17. The van der Waals surface area contributed by atoms with Crippen LogP contribution in [-0.2, 0) is 0 Å². The summed E-state index contributed by atoms with van der Waals surface area (Å²) in [7, 11) is 0. The van der Waals surface area contributed by atoms with E-state index in [1.54, 1.807) is 0 Å². The lowest BCUT2D eigenvalue weighted by molar-refractivity contribution is 0.372. The first-order valence-corrected chi connectivity index (χ1v) is 4.58. The highest BCUT2D eigenvalue weighted by Crippen LogP contribution is 2.38. The van der Waals surface area contributed by atoms with Crippen LogP contribution >= 0.6 is 0 Å². The van der Waals surface area contributed by atoms with Crippen molar-refractivity contribution in [2.24, 2.45) is 0 Å². The fourth-order valence-electron chi connectivity index (χ4n) is 2.61. The van der Waals surface area contributed by atoms with Crippen LogP contribution in [0.25, 0.3) is 0 Å². The maximum absolute atomic E-state index is 3.73. The fraction of sp³-hybridized carbons (Fsp3) is 1.00. The van der Waals surface area contributed by atoms with E-state index in [4.69, 9.17) is 0 Å². The van der Waals surface area contributed by atoms with Gasteiger partial charge in [-0.15, -0.1) is 0 Å². The predicted octanol–water partition coefficient (Wildman–Crippen LogP) is 2.07. The molecule has 1 N–H and O–H groups in total. The Morgan fingerprint density at radius 3 is 2.40 bits per heavy atom. The minimum atomic E-state index is 0.611. The summed E-state index contributed by atoms with van der Waals surface area (Å²) < 4.78 is 0. The molecule has 0 radical (unpaired) electrons. The predicted molar refractivity (Wildman–Crippen MR) is 43.0 cm³/mol. The Bertz CT molecular complexity index is 125. The first-order valence-electron chi connectivity index (χ1n) is 4.58. The molecule has 2 rings (SSSR count). The van der Waals surface area contributed by atoms with Gasteiger partial charge in [-0.3, -0.25) is 0 Å². The fourth-order valence-corrected chi connectivity index (χ4v) is 2.61. The van der Waals surface area contributed by atoms with Gasteiger partial charge in [-0.25, -0.2) is 0 Å². The van der Waals surface area contributed by atoms with E-state index in [1.807, 2.05) is 0 Å². The zero-order valence-corrected chi connectivity index (χ0v) is 6.82. The summed E-state index contributed by atoms with van der Waals surface area (Å²) in [6.07, 6.45) is 8.64. The molecule has 0 amide bonds. The van der Waals surface area contributed by atoms with Crippen LogP contribution in [0.5, 0.6) is 0 Å². The molecule has 58 valence electrons. The van der Waals surface area contributed by atoms with Gasteiger partial charge in [0.1, 0.15) is 0 Å². The van der Waals surface area contributed by atoms with Crippen LogP contribution < -0.4 is 5.32 Å². The zero-order valence-electron chi connectivity index (χ0n) is 6.82. The molecule has 10 heavy (non-hydrogen) atoms. The largest absolute Gasteiger partial charge is 0.309 e. The second-order valence-corrected chi connectivity index (χ2v) is 4.07. The molecule has 1 spiro atoms. The molecule has 2 fully saturated rings. The average molecular weight is 139 g/mol. The number of rotatable bonds is 0. The summed E-state index contributed by atoms with van der Waals surface area (Å²) in [4.78, 5) is 0. The molecule has 0 aromatic rings. The number of nitrogens with one attached hydrogen (secondary N) is 1. The minimum Gasteiger partial charge on any atom is -0.309 e. The summed E-state index contributed by atoms with van der Waals surface area (Å²) in [5, 5.41) is 3.73. The van der Waals surface area contributed by atoms with Gasteiger partial charge in [0.05, 0.1) is 0 Å². The summed E-state index contributed by atoms with van der Waals surface area (Å²) in [5.41, 5.74) is 0.611. The molecular weight excluding hydrogens is 122 g/mol. The average Bonchev–Trinajstić information content (AvgIpc) is 2.46. The lowest BCUT2D eigenvalue weighted by atomic mass is 9.96. The van der Waals surface area contributed by atoms with E-state index >= 15 is 0 Å². The summed E-state index contributed by atoms with van der Waals surface area (Å²) >= 11 is 0. The van der Waals surface area contributed by atoms with E-state index in [0.717, 1.165) is 6.04 Å². The van der Waals surface area contributed by atoms with Crippen LogP contribution in [0.4, 0.5) is 0 Å². The van der Waals surface area contributed by atoms with Crippen LogP contribution in [0.2, 0.25) is 0 Å². The molecule has 1 heterocycles.